The van der Waals surface area contributed by atoms with Gasteiger partial charge < -0.3 is 13.9 Å². The van der Waals surface area contributed by atoms with Crippen molar-refractivity contribution < 1.29 is 23.6 Å². The average molecular weight is 397 g/mol. The zero-order chi connectivity index (χ0) is 21.0. The first kappa shape index (κ1) is 20.0. The van der Waals surface area contributed by atoms with Gasteiger partial charge in [0.05, 0.1) is 17.1 Å². The minimum absolute atomic E-state index is 0.0188. The van der Waals surface area contributed by atoms with Crippen LogP contribution in [-0.4, -0.2) is 27.7 Å². The highest BCUT2D eigenvalue weighted by atomic mass is 16.6. The molecule has 0 spiro atoms. The Balaban J connectivity index is 1.74. The van der Waals surface area contributed by atoms with Crippen molar-refractivity contribution in [1.82, 2.24) is 10.2 Å². The fourth-order valence-corrected chi connectivity index (χ4v) is 2.56. The van der Waals surface area contributed by atoms with Crippen LogP contribution < -0.4 is 4.74 Å². The lowest BCUT2D eigenvalue weighted by molar-refractivity contribution is -0.385. The number of aryl methyl sites for hydroxylation is 1. The Labute approximate surface area is 166 Å². The van der Waals surface area contributed by atoms with Gasteiger partial charge in [0.15, 0.2) is 11.9 Å². The van der Waals surface area contributed by atoms with Crippen molar-refractivity contribution in [3.05, 3.63) is 69.6 Å². The van der Waals surface area contributed by atoms with Gasteiger partial charge in [0, 0.05) is 11.6 Å². The largest absolute Gasteiger partial charge is 0.487 e. The number of nitro benzene ring substituents is 1. The molecule has 0 saturated heterocycles. The minimum atomic E-state index is -0.833. The van der Waals surface area contributed by atoms with E-state index in [4.69, 9.17) is 13.9 Å². The number of hydrogen-bond acceptors (Lipinski definition) is 8. The summed E-state index contributed by atoms with van der Waals surface area (Å²) in [5, 5.41) is 19.1. The summed E-state index contributed by atoms with van der Waals surface area (Å²) in [5.74, 6) is -0.241. The van der Waals surface area contributed by atoms with Crippen molar-refractivity contribution in [1.29, 1.82) is 0 Å². The Hall–Kier alpha value is -3.75. The van der Waals surface area contributed by atoms with E-state index in [1.807, 2.05) is 31.2 Å². The fraction of sp³-hybridized carbons (Fsp3) is 0.250. The van der Waals surface area contributed by atoms with Gasteiger partial charge in [0.1, 0.15) is 0 Å². The maximum atomic E-state index is 12.4. The molecule has 0 amide bonds. The molecular formula is C20H19N3O6. The van der Waals surface area contributed by atoms with Crippen LogP contribution in [0.1, 0.15) is 41.8 Å². The number of aromatic nitrogens is 2. The highest BCUT2D eigenvalue weighted by Crippen LogP contribution is 2.29. The number of rotatable bonds is 7. The standard InChI is InChI=1S/C20H19N3O6/c1-4-27-17-10-9-15(11-16(17)23(25)26)20(24)28-13(3)18-21-22-19(29-18)14-7-5-12(2)6-8-14/h5-11,13H,4H2,1-3H3. The molecule has 0 saturated carbocycles. The third kappa shape index (κ3) is 4.57. The van der Waals surface area contributed by atoms with E-state index in [9.17, 15) is 14.9 Å². The molecule has 3 rings (SSSR count). The monoisotopic (exact) mass is 397 g/mol. The van der Waals surface area contributed by atoms with Crippen LogP contribution in [0.25, 0.3) is 11.5 Å². The number of hydrogen-bond donors (Lipinski definition) is 0. The van der Waals surface area contributed by atoms with E-state index in [-0.39, 0.29) is 29.5 Å². The Morgan fingerprint density at radius 2 is 1.93 bits per heavy atom. The molecule has 0 aliphatic carbocycles. The van der Waals surface area contributed by atoms with Gasteiger partial charge >= 0.3 is 11.7 Å². The van der Waals surface area contributed by atoms with Gasteiger partial charge in [0.2, 0.25) is 5.89 Å². The van der Waals surface area contributed by atoms with E-state index in [2.05, 4.69) is 10.2 Å². The molecule has 9 nitrogen and oxygen atoms in total. The lowest BCUT2D eigenvalue weighted by Crippen LogP contribution is -2.10. The lowest BCUT2D eigenvalue weighted by Gasteiger charge is -2.10. The number of nitro groups is 1. The molecule has 1 heterocycles. The van der Waals surface area contributed by atoms with Crippen molar-refractivity contribution >= 4 is 11.7 Å². The predicted octanol–water partition coefficient (Wildman–Crippen LogP) is 4.27. The second-order valence-electron chi connectivity index (χ2n) is 6.23. The van der Waals surface area contributed by atoms with Crippen LogP contribution in [0.5, 0.6) is 5.75 Å². The summed E-state index contributed by atoms with van der Waals surface area (Å²) in [4.78, 5) is 23.0. The summed E-state index contributed by atoms with van der Waals surface area (Å²) >= 11 is 0. The van der Waals surface area contributed by atoms with E-state index in [1.165, 1.54) is 12.1 Å². The van der Waals surface area contributed by atoms with Gasteiger partial charge in [0.25, 0.3) is 5.89 Å². The fourth-order valence-electron chi connectivity index (χ4n) is 2.56. The molecule has 150 valence electrons. The molecule has 0 radical (unpaired) electrons. The van der Waals surface area contributed by atoms with Crippen LogP contribution in [0.15, 0.2) is 46.9 Å². The molecule has 0 N–H and O–H groups in total. The van der Waals surface area contributed by atoms with Gasteiger partial charge in [-0.15, -0.1) is 10.2 Å². The second-order valence-corrected chi connectivity index (χ2v) is 6.23. The summed E-state index contributed by atoms with van der Waals surface area (Å²) in [7, 11) is 0. The zero-order valence-corrected chi connectivity index (χ0v) is 16.1. The zero-order valence-electron chi connectivity index (χ0n) is 16.1. The minimum Gasteiger partial charge on any atom is -0.487 e. The molecule has 0 aliphatic rings. The Morgan fingerprint density at radius 3 is 2.59 bits per heavy atom. The first-order chi connectivity index (χ1) is 13.9. The van der Waals surface area contributed by atoms with Crippen LogP contribution in [0.2, 0.25) is 0 Å². The Bertz CT molecular complexity index is 1030. The van der Waals surface area contributed by atoms with Crippen molar-refractivity contribution in [2.75, 3.05) is 6.61 Å². The molecule has 2 aromatic carbocycles. The molecule has 29 heavy (non-hydrogen) atoms. The topological polar surface area (TPSA) is 118 Å². The van der Waals surface area contributed by atoms with E-state index in [1.54, 1.807) is 13.8 Å². The maximum absolute atomic E-state index is 12.4. The summed E-state index contributed by atoms with van der Waals surface area (Å²) in [6.07, 6.45) is -0.833. The van der Waals surface area contributed by atoms with Gasteiger partial charge in [-0.2, -0.15) is 0 Å². The molecule has 1 atom stereocenters. The number of ether oxygens (including phenoxy) is 2. The van der Waals surface area contributed by atoms with Crippen LogP contribution in [0.4, 0.5) is 5.69 Å². The Morgan fingerprint density at radius 1 is 1.21 bits per heavy atom. The highest BCUT2D eigenvalue weighted by Gasteiger charge is 2.23. The molecule has 0 fully saturated rings. The Kier molecular flexibility index (Phi) is 5.87. The first-order valence-electron chi connectivity index (χ1n) is 8.91. The maximum Gasteiger partial charge on any atom is 0.339 e. The van der Waals surface area contributed by atoms with E-state index >= 15 is 0 Å². The lowest BCUT2D eigenvalue weighted by atomic mass is 10.1. The smallest absolute Gasteiger partial charge is 0.339 e. The molecule has 1 aromatic heterocycles. The number of benzene rings is 2. The molecule has 0 bridgehead atoms. The number of esters is 1. The summed E-state index contributed by atoms with van der Waals surface area (Å²) in [6.45, 7) is 5.52. The van der Waals surface area contributed by atoms with E-state index < -0.39 is 17.0 Å². The van der Waals surface area contributed by atoms with Crippen LogP contribution in [0, 0.1) is 17.0 Å². The normalized spacial score (nSPS) is 11.7. The summed E-state index contributed by atoms with van der Waals surface area (Å²) < 4.78 is 16.1. The molecular weight excluding hydrogens is 378 g/mol. The SMILES string of the molecule is CCOc1ccc(C(=O)OC(C)c2nnc(-c3ccc(C)cc3)o2)cc1[N+](=O)[O-]. The molecule has 0 aliphatic heterocycles. The highest BCUT2D eigenvalue weighted by molar-refractivity contribution is 5.90. The van der Waals surface area contributed by atoms with Crippen molar-refractivity contribution in [2.24, 2.45) is 0 Å². The first-order valence-corrected chi connectivity index (χ1v) is 8.91. The van der Waals surface area contributed by atoms with Gasteiger partial charge in [-0.1, -0.05) is 17.7 Å². The quantitative estimate of drug-likeness (QED) is 0.329. The average Bonchev–Trinajstić information content (AvgIpc) is 3.19. The number of carbonyl (C=O) groups excluding carboxylic acids is 1. The third-order valence-electron chi connectivity index (χ3n) is 4.06. The second kappa shape index (κ2) is 8.51. The van der Waals surface area contributed by atoms with Gasteiger partial charge in [-0.25, -0.2) is 4.79 Å². The van der Waals surface area contributed by atoms with Crippen LogP contribution in [-0.2, 0) is 4.74 Å². The predicted molar refractivity (Wildman–Crippen MR) is 103 cm³/mol. The molecule has 1 unspecified atom stereocenters. The van der Waals surface area contributed by atoms with Crippen molar-refractivity contribution in [2.45, 2.75) is 26.9 Å². The van der Waals surface area contributed by atoms with Crippen molar-refractivity contribution in [3.63, 3.8) is 0 Å². The van der Waals surface area contributed by atoms with Gasteiger partial charge in [-0.3, -0.25) is 10.1 Å². The summed E-state index contributed by atoms with van der Waals surface area (Å²) in [6, 6.07) is 11.4. The van der Waals surface area contributed by atoms with Gasteiger partial charge in [-0.05, 0) is 45.0 Å². The van der Waals surface area contributed by atoms with E-state index in [0.717, 1.165) is 17.2 Å². The third-order valence-corrected chi connectivity index (χ3v) is 4.06. The molecule has 3 aromatic rings. The number of carbonyl (C=O) groups is 1. The molecule has 9 heteroatoms. The van der Waals surface area contributed by atoms with Crippen LogP contribution >= 0.6 is 0 Å². The van der Waals surface area contributed by atoms with E-state index in [0.29, 0.717) is 5.89 Å². The van der Waals surface area contributed by atoms with Crippen LogP contribution in [0.3, 0.4) is 0 Å². The number of nitrogens with zero attached hydrogens (tertiary/aromatic N) is 3. The van der Waals surface area contributed by atoms with Crippen molar-refractivity contribution in [3.8, 4) is 17.2 Å². The summed E-state index contributed by atoms with van der Waals surface area (Å²) in [5.41, 5.74) is 1.55.